The lowest BCUT2D eigenvalue weighted by atomic mass is 10.1. The van der Waals surface area contributed by atoms with Crippen LogP contribution in [0.5, 0.6) is 0 Å². The summed E-state index contributed by atoms with van der Waals surface area (Å²) >= 11 is 6.01. The zero-order chi connectivity index (χ0) is 8.27. The first-order valence-corrected chi connectivity index (χ1v) is 4.52. The fourth-order valence-electron chi connectivity index (χ4n) is 1.50. The highest BCUT2D eigenvalue weighted by atomic mass is 35.5. The molecule has 64 valence electrons. The van der Waals surface area contributed by atoms with Gasteiger partial charge in [-0.1, -0.05) is 6.42 Å². The average Bonchev–Trinajstić information content (AvgIpc) is 2.31. The van der Waals surface area contributed by atoms with Gasteiger partial charge in [0.15, 0.2) is 0 Å². The van der Waals surface area contributed by atoms with Gasteiger partial charge >= 0.3 is 0 Å². The fourth-order valence-corrected chi connectivity index (χ4v) is 1.87. The Hall–Kier alpha value is -0.240. The summed E-state index contributed by atoms with van der Waals surface area (Å²) in [7, 11) is 0. The van der Waals surface area contributed by atoms with Gasteiger partial charge in [-0.15, -0.1) is 11.6 Å². The van der Waals surface area contributed by atoms with Crippen LogP contribution in [-0.4, -0.2) is 17.8 Å². The Morgan fingerprint density at radius 3 is 2.82 bits per heavy atom. The number of nitrogens with one attached hydrogen (secondary N) is 1. The van der Waals surface area contributed by atoms with Crippen LogP contribution in [0.1, 0.15) is 26.2 Å². The van der Waals surface area contributed by atoms with E-state index in [1.165, 1.54) is 13.3 Å². The summed E-state index contributed by atoms with van der Waals surface area (Å²) < 4.78 is 0. The van der Waals surface area contributed by atoms with Gasteiger partial charge in [-0.2, -0.15) is 0 Å². The molecule has 2 atom stereocenters. The van der Waals surface area contributed by atoms with Crippen LogP contribution in [0, 0.1) is 5.92 Å². The summed E-state index contributed by atoms with van der Waals surface area (Å²) in [5.41, 5.74) is 0. The predicted octanol–water partition coefficient (Wildman–Crippen LogP) is 1.53. The molecule has 0 saturated heterocycles. The van der Waals surface area contributed by atoms with Gasteiger partial charge in [0.2, 0.25) is 5.91 Å². The monoisotopic (exact) mass is 175 g/mol. The summed E-state index contributed by atoms with van der Waals surface area (Å²) in [6.45, 7) is 2.29. The minimum Gasteiger partial charge on any atom is -0.356 e. The molecule has 2 nitrogen and oxygen atoms in total. The second kappa shape index (κ2) is 3.96. The molecular weight excluding hydrogens is 162 g/mol. The van der Waals surface area contributed by atoms with Gasteiger partial charge in [0, 0.05) is 18.8 Å². The Bertz CT molecular complexity index is 149. The fraction of sp³-hybridized carbons (Fsp3) is 0.875. The van der Waals surface area contributed by atoms with Crippen molar-refractivity contribution in [1.82, 2.24) is 5.32 Å². The standard InChI is InChI=1S/C8H14ClNO/c1-6(11)10-5-7-3-2-4-8(7)9/h7-8H,2-5H2,1H3,(H,10,11). The molecule has 0 heterocycles. The van der Waals surface area contributed by atoms with Crippen molar-refractivity contribution in [3.63, 3.8) is 0 Å². The van der Waals surface area contributed by atoms with Gasteiger partial charge in [-0.3, -0.25) is 4.79 Å². The largest absolute Gasteiger partial charge is 0.356 e. The molecule has 1 saturated carbocycles. The molecule has 1 aliphatic carbocycles. The van der Waals surface area contributed by atoms with Crippen LogP contribution in [0.25, 0.3) is 0 Å². The maximum atomic E-state index is 10.6. The van der Waals surface area contributed by atoms with Crippen molar-refractivity contribution in [2.45, 2.75) is 31.6 Å². The first kappa shape index (κ1) is 8.85. The van der Waals surface area contributed by atoms with E-state index in [0.29, 0.717) is 5.92 Å². The lowest BCUT2D eigenvalue weighted by Crippen LogP contribution is -2.28. The summed E-state index contributed by atoms with van der Waals surface area (Å²) in [5, 5.41) is 3.07. The molecule has 1 amide bonds. The van der Waals surface area contributed by atoms with E-state index in [4.69, 9.17) is 11.6 Å². The third-order valence-corrected chi connectivity index (χ3v) is 2.75. The molecule has 0 aliphatic heterocycles. The summed E-state index contributed by atoms with van der Waals surface area (Å²) in [6, 6.07) is 0. The van der Waals surface area contributed by atoms with E-state index >= 15 is 0 Å². The molecule has 1 rings (SSSR count). The average molecular weight is 176 g/mol. The smallest absolute Gasteiger partial charge is 0.216 e. The molecule has 0 aromatic heterocycles. The SMILES string of the molecule is CC(=O)NCC1CCCC1Cl. The quantitative estimate of drug-likeness (QED) is 0.634. The molecule has 2 unspecified atom stereocenters. The maximum Gasteiger partial charge on any atom is 0.216 e. The van der Waals surface area contributed by atoms with E-state index in [0.717, 1.165) is 19.4 Å². The Kier molecular flexibility index (Phi) is 3.18. The molecule has 1 fully saturated rings. The number of carbonyl (C=O) groups excluding carboxylic acids is 1. The zero-order valence-corrected chi connectivity index (χ0v) is 7.53. The normalized spacial score (nSPS) is 30.4. The highest BCUT2D eigenvalue weighted by Gasteiger charge is 2.24. The Morgan fingerprint density at radius 2 is 2.36 bits per heavy atom. The van der Waals surface area contributed by atoms with Crippen molar-refractivity contribution in [3.8, 4) is 0 Å². The Balaban J connectivity index is 2.20. The third kappa shape index (κ3) is 2.70. The van der Waals surface area contributed by atoms with Crippen molar-refractivity contribution in [3.05, 3.63) is 0 Å². The highest BCUT2D eigenvalue weighted by molar-refractivity contribution is 6.20. The summed E-state index contributed by atoms with van der Waals surface area (Å²) in [5.74, 6) is 0.543. The van der Waals surface area contributed by atoms with Gasteiger partial charge in [0.25, 0.3) is 0 Å². The van der Waals surface area contributed by atoms with Crippen LogP contribution in [-0.2, 0) is 4.79 Å². The van der Waals surface area contributed by atoms with E-state index in [2.05, 4.69) is 5.32 Å². The van der Waals surface area contributed by atoms with Crippen molar-refractivity contribution >= 4 is 17.5 Å². The summed E-state index contributed by atoms with van der Waals surface area (Å²) in [4.78, 5) is 10.6. The van der Waals surface area contributed by atoms with E-state index in [9.17, 15) is 4.79 Å². The zero-order valence-electron chi connectivity index (χ0n) is 6.77. The number of carbonyl (C=O) groups is 1. The second-order valence-corrected chi connectivity index (χ2v) is 3.70. The number of halogens is 1. The van der Waals surface area contributed by atoms with Gasteiger partial charge < -0.3 is 5.32 Å². The third-order valence-electron chi connectivity index (χ3n) is 2.18. The number of alkyl halides is 1. The van der Waals surface area contributed by atoms with Crippen LogP contribution in [0.4, 0.5) is 0 Å². The highest BCUT2D eigenvalue weighted by Crippen LogP contribution is 2.29. The Labute approximate surface area is 72.3 Å². The topological polar surface area (TPSA) is 29.1 Å². The minimum absolute atomic E-state index is 0.0424. The maximum absolute atomic E-state index is 10.6. The van der Waals surface area contributed by atoms with Crippen molar-refractivity contribution in [2.75, 3.05) is 6.54 Å². The van der Waals surface area contributed by atoms with Gasteiger partial charge in [0.05, 0.1) is 0 Å². The van der Waals surface area contributed by atoms with Crippen LogP contribution in [0.3, 0.4) is 0 Å². The summed E-state index contributed by atoms with van der Waals surface area (Å²) in [6.07, 6.45) is 3.47. The molecule has 11 heavy (non-hydrogen) atoms. The molecule has 3 heteroatoms. The van der Waals surface area contributed by atoms with Gasteiger partial charge in [-0.25, -0.2) is 0 Å². The number of rotatable bonds is 2. The molecule has 0 radical (unpaired) electrons. The van der Waals surface area contributed by atoms with Crippen molar-refractivity contribution in [1.29, 1.82) is 0 Å². The molecule has 1 aliphatic rings. The van der Waals surface area contributed by atoms with Gasteiger partial charge in [0.1, 0.15) is 0 Å². The van der Waals surface area contributed by atoms with Crippen LogP contribution in [0.2, 0.25) is 0 Å². The Morgan fingerprint density at radius 1 is 1.64 bits per heavy atom. The molecular formula is C8H14ClNO. The number of hydrogen-bond donors (Lipinski definition) is 1. The lowest BCUT2D eigenvalue weighted by molar-refractivity contribution is -0.119. The van der Waals surface area contributed by atoms with Crippen molar-refractivity contribution < 1.29 is 4.79 Å². The van der Waals surface area contributed by atoms with Crippen LogP contribution in [0.15, 0.2) is 0 Å². The predicted molar refractivity (Wildman–Crippen MR) is 45.7 cm³/mol. The van der Waals surface area contributed by atoms with Crippen LogP contribution >= 0.6 is 11.6 Å². The molecule has 0 aromatic rings. The molecule has 1 N–H and O–H groups in total. The van der Waals surface area contributed by atoms with Crippen molar-refractivity contribution in [2.24, 2.45) is 5.92 Å². The van der Waals surface area contributed by atoms with E-state index in [1.54, 1.807) is 0 Å². The first-order chi connectivity index (χ1) is 5.20. The van der Waals surface area contributed by atoms with Gasteiger partial charge in [-0.05, 0) is 18.8 Å². The molecule has 0 spiro atoms. The first-order valence-electron chi connectivity index (χ1n) is 4.08. The van der Waals surface area contributed by atoms with Crippen LogP contribution < -0.4 is 5.32 Å². The minimum atomic E-state index is 0.0424. The number of amides is 1. The van der Waals surface area contributed by atoms with E-state index in [-0.39, 0.29) is 11.3 Å². The molecule has 0 bridgehead atoms. The lowest BCUT2D eigenvalue weighted by Gasteiger charge is -2.12. The molecule has 0 aromatic carbocycles. The number of hydrogen-bond acceptors (Lipinski definition) is 1. The second-order valence-electron chi connectivity index (χ2n) is 3.14. The van der Waals surface area contributed by atoms with E-state index in [1.807, 2.05) is 0 Å². The van der Waals surface area contributed by atoms with E-state index < -0.39 is 0 Å².